The Kier molecular flexibility index (Phi) is 6.11. The summed E-state index contributed by atoms with van der Waals surface area (Å²) in [5.41, 5.74) is 0. The summed E-state index contributed by atoms with van der Waals surface area (Å²) in [7, 11) is -3.69. The predicted molar refractivity (Wildman–Crippen MR) is 121 cm³/mol. The molecule has 1 aliphatic carbocycles. The van der Waals surface area contributed by atoms with Crippen molar-refractivity contribution in [1.29, 1.82) is 0 Å². The zero-order valence-electron chi connectivity index (χ0n) is 18.5. The summed E-state index contributed by atoms with van der Waals surface area (Å²) < 4.78 is 33.9. The Bertz CT molecular complexity index is 1080. The van der Waals surface area contributed by atoms with Crippen molar-refractivity contribution in [2.24, 2.45) is 5.92 Å². The molecule has 0 unspecified atom stereocenters. The third kappa shape index (κ3) is 4.36. The van der Waals surface area contributed by atoms with Gasteiger partial charge in [-0.3, -0.25) is 4.79 Å². The molecule has 0 aromatic carbocycles. The second kappa shape index (κ2) is 8.87. The standard InChI is InChI=1S/C22H30N4O4S2/c1-15-19(13-18(31-15)20-23-21(30-24-20)16-8-9-16)32(28,29)26-12-6-7-17(14-26)22(27)25-10-4-2-3-5-11-25/h13,16-17H,2-12,14H2,1H3/t17-/m1/s1. The molecule has 0 N–H and O–H groups in total. The van der Waals surface area contributed by atoms with Gasteiger partial charge < -0.3 is 9.42 Å². The fourth-order valence-corrected chi connectivity index (χ4v) is 7.72. The largest absolute Gasteiger partial charge is 0.342 e. The van der Waals surface area contributed by atoms with Crippen LogP contribution in [-0.4, -0.2) is 59.8 Å². The lowest BCUT2D eigenvalue weighted by atomic mass is 9.98. The number of thiophene rings is 1. The van der Waals surface area contributed by atoms with Crippen LogP contribution in [0.25, 0.3) is 10.7 Å². The molecule has 1 amide bonds. The number of hydrogen-bond donors (Lipinski definition) is 0. The Morgan fingerprint density at radius 3 is 2.56 bits per heavy atom. The maximum Gasteiger partial charge on any atom is 0.244 e. The van der Waals surface area contributed by atoms with Crippen LogP contribution in [0, 0.1) is 12.8 Å². The fraction of sp³-hybridized carbons (Fsp3) is 0.682. The molecule has 2 saturated heterocycles. The highest BCUT2D eigenvalue weighted by molar-refractivity contribution is 7.89. The third-order valence-electron chi connectivity index (χ3n) is 6.73. The van der Waals surface area contributed by atoms with Crippen molar-refractivity contribution in [3.05, 3.63) is 16.8 Å². The van der Waals surface area contributed by atoms with Crippen molar-refractivity contribution in [3.8, 4) is 10.7 Å². The van der Waals surface area contributed by atoms with Crippen LogP contribution >= 0.6 is 11.3 Å². The van der Waals surface area contributed by atoms with Gasteiger partial charge in [-0.1, -0.05) is 18.0 Å². The van der Waals surface area contributed by atoms with Gasteiger partial charge in [0.25, 0.3) is 0 Å². The lowest BCUT2D eigenvalue weighted by Gasteiger charge is -2.34. The summed E-state index contributed by atoms with van der Waals surface area (Å²) in [4.78, 5) is 21.2. The second-order valence-electron chi connectivity index (χ2n) is 9.20. The third-order valence-corrected chi connectivity index (χ3v) is 9.90. The van der Waals surface area contributed by atoms with Crippen LogP contribution in [0.3, 0.4) is 0 Å². The van der Waals surface area contributed by atoms with Crippen LogP contribution in [0.15, 0.2) is 15.5 Å². The van der Waals surface area contributed by atoms with Gasteiger partial charge in [-0.05, 0) is 51.5 Å². The van der Waals surface area contributed by atoms with E-state index in [2.05, 4.69) is 10.1 Å². The van der Waals surface area contributed by atoms with Gasteiger partial charge in [0.2, 0.25) is 27.6 Å². The second-order valence-corrected chi connectivity index (χ2v) is 12.4. The van der Waals surface area contributed by atoms with Crippen LogP contribution in [0.2, 0.25) is 0 Å². The van der Waals surface area contributed by atoms with E-state index in [0.29, 0.717) is 40.4 Å². The molecule has 3 fully saturated rings. The molecule has 3 aliphatic rings. The quantitative estimate of drug-likeness (QED) is 0.649. The van der Waals surface area contributed by atoms with Gasteiger partial charge in [-0.2, -0.15) is 9.29 Å². The average molecular weight is 479 g/mol. The van der Waals surface area contributed by atoms with Crippen LogP contribution in [-0.2, 0) is 14.8 Å². The fourth-order valence-electron chi connectivity index (χ4n) is 4.71. The van der Waals surface area contributed by atoms with E-state index >= 15 is 0 Å². The Labute approximate surface area is 193 Å². The lowest BCUT2D eigenvalue weighted by Crippen LogP contribution is -2.47. The van der Waals surface area contributed by atoms with Gasteiger partial charge in [0.1, 0.15) is 0 Å². The van der Waals surface area contributed by atoms with Gasteiger partial charge in [0.05, 0.1) is 15.7 Å². The minimum absolute atomic E-state index is 0.119. The summed E-state index contributed by atoms with van der Waals surface area (Å²) >= 11 is 1.37. The SMILES string of the molecule is Cc1sc(-c2noc(C3CC3)n2)cc1S(=O)(=O)N1CCC[C@@H](C(=O)N2CCCCCC2)C1. The molecule has 2 aliphatic heterocycles. The molecule has 1 atom stereocenters. The van der Waals surface area contributed by atoms with Gasteiger partial charge >= 0.3 is 0 Å². The van der Waals surface area contributed by atoms with Crippen LogP contribution in [0.1, 0.15) is 68.1 Å². The monoisotopic (exact) mass is 478 g/mol. The highest BCUT2D eigenvalue weighted by atomic mass is 32.2. The first-order valence-electron chi connectivity index (χ1n) is 11.7. The molecule has 32 heavy (non-hydrogen) atoms. The summed E-state index contributed by atoms with van der Waals surface area (Å²) in [6.07, 6.45) is 7.99. The van der Waals surface area contributed by atoms with Crippen molar-refractivity contribution < 1.29 is 17.7 Å². The topological polar surface area (TPSA) is 96.6 Å². The number of nitrogens with zero attached hydrogens (tertiary/aromatic N) is 4. The molecular weight excluding hydrogens is 448 g/mol. The molecule has 2 aromatic heterocycles. The zero-order valence-corrected chi connectivity index (χ0v) is 20.1. The normalized spacial score (nSPS) is 23.3. The number of carbonyl (C=O) groups excluding carboxylic acids is 1. The number of piperidine rings is 1. The van der Waals surface area contributed by atoms with Gasteiger partial charge in [-0.15, -0.1) is 11.3 Å². The van der Waals surface area contributed by atoms with E-state index in [1.807, 2.05) is 11.8 Å². The first-order valence-corrected chi connectivity index (χ1v) is 13.9. The van der Waals surface area contributed by atoms with E-state index < -0.39 is 10.0 Å². The Morgan fingerprint density at radius 1 is 1.09 bits per heavy atom. The number of hydrogen-bond acceptors (Lipinski definition) is 7. The van der Waals surface area contributed by atoms with Crippen LogP contribution < -0.4 is 0 Å². The van der Waals surface area contributed by atoms with Crippen molar-refractivity contribution in [3.63, 3.8) is 0 Å². The zero-order chi connectivity index (χ0) is 22.3. The highest BCUT2D eigenvalue weighted by Gasteiger charge is 2.37. The number of aromatic nitrogens is 2. The number of rotatable bonds is 5. The smallest absolute Gasteiger partial charge is 0.244 e. The van der Waals surface area contributed by atoms with Crippen molar-refractivity contribution in [2.75, 3.05) is 26.2 Å². The summed E-state index contributed by atoms with van der Waals surface area (Å²) in [6, 6.07) is 1.66. The molecule has 0 spiro atoms. The van der Waals surface area contributed by atoms with Gasteiger partial charge in [0.15, 0.2) is 0 Å². The van der Waals surface area contributed by atoms with Crippen LogP contribution in [0.5, 0.6) is 0 Å². The summed E-state index contributed by atoms with van der Waals surface area (Å²) in [5.74, 6) is 1.31. The molecule has 0 radical (unpaired) electrons. The molecule has 1 saturated carbocycles. The van der Waals surface area contributed by atoms with Crippen molar-refractivity contribution >= 4 is 27.3 Å². The minimum Gasteiger partial charge on any atom is -0.342 e. The lowest BCUT2D eigenvalue weighted by molar-refractivity contribution is -0.136. The molecule has 5 rings (SSSR count). The van der Waals surface area contributed by atoms with E-state index in [-0.39, 0.29) is 23.3 Å². The molecule has 174 valence electrons. The van der Waals surface area contributed by atoms with E-state index in [9.17, 15) is 13.2 Å². The number of carbonyl (C=O) groups is 1. The van der Waals surface area contributed by atoms with E-state index in [4.69, 9.17) is 4.52 Å². The Morgan fingerprint density at radius 2 is 1.84 bits per heavy atom. The number of likely N-dealkylation sites (tertiary alicyclic amines) is 1. The first kappa shape index (κ1) is 22.0. The molecule has 4 heterocycles. The maximum absolute atomic E-state index is 13.5. The predicted octanol–water partition coefficient (Wildman–Crippen LogP) is 3.79. The van der Waals surface area contributed by atoms with Crippen LogP contribution in [0.4, 0.5) is 0 Å². The van der Waals surface area contributed by atoms with Gasteiger partial charge in [0, 0.05) is 37.0 Å². The van der Waals surface area contributed by atoms with Crippen molar-refractivity contribution in [1.82, 2.24) is 19.3 Å². The summed E-state index contributed by atoms with van der Waals surface area (Å²) in [5, 5.41) is 4.06. The number of amides is 1. The Balaban J connectivity index is 1.33. The molecule has 0 bridgehead atoms. The molecular formula is C22H30N4O4S2. The van der Waals surface area contributed by atoms with E-state index in [1.54, 1.807) is 6.07 Å². The maximum atomic E-state index is 13.5. The van der Waals surface area contributed by atoms with Crippen molar-refractivity contribution in [2.45, 2.75) is 69.1 Å². The highest BCUT2D eigenvalue weighted by Crippen LogP contribution is 2.41. The molecule has 8 nitrogen and oxygen atoms in total. The molecule has 10 heteroatoms. The van der Waals surface area contributed by atoms with E-state index in [1.165, 1.54) is 15.6 Å². The average Bonchev–Trinajstić information content (AvgIpc) is 3.48. The minimum atomic E-state index is -3.69. The van der Waals surface area contributed by atoms with Gasteiger partial charge in [-0.25, -0.2) is 8.42 Å². The number of aryl methyl sites for hydroxylation is 1. The Hall–Kier alpha value is -1.78. The van der Waals surface area contributed by atoms with E-state index in [0.717, 1.165) is 58.0 Å². The first-order chi connectivity index (χ1) is 15.4. The molecule has 2 aromatic rings. The summed E-state index contributed by atoms with van der Waals surface area (Å²) in [6.45, 7) is 4.11. The number of sulfonamides is 1.